The van der Waals surface area contributed by atoms with Gasteiger partial charge in [0.1, 0.15) is 17.3 Å². The van der Waals surface area contributed by atoms with Crippen LogP contribution in [0, 0.1) is 5.82 Å². The molecule has 29 heavy (non-hydrogen) atoms. The van der Waals surface area contributed by atoms with Gasteiger partial charge in [-0.1, -0.05) is 11.8 Å². The van der Waals surface area contributed by atoms with Crippen molar-refractivity contribution in [3.63, 3.8) is 0 Å². The van der Waals surface area contributed by atoms with Crippen LogP contribution in [0.2, 0.25) is 0 Å². The van der Waals surface area contributed by atoms with E-state index in [2.05, 4.69) is 20.0 Å². The zero-order valence-electron chi connectivity index (χ0n) is 15.0. The minimum Gasteiger partial charge on any atom is -0.463 e. The highest BCUT2D eigenvalue weighted by Gasteiger charge is 2.15. The van der Waals surface area contributed by atoms with E-state index in [1.807, 2.05) is 0 Å². The van der Waals surface area contributed by atoms with E-state index in [0.717, 1.165) is 23.9 Å². The number of furan rings is 1. The minimum absolute atomic E-state index is 0.0583. The van der Waals surface area contributed by atoms with E-state index in [0.29, 0.717) is 5.76 Å². The zero-order valence-corrected chi connectivity index (χ0v) is 15.8. The van der Waals surface area contributed by atoms with Crippen LogP contribution in [0.15, 0.2) is 50.8 Å². The largest absolute Gasteiger partial charge is 0.463 e. The third-order valence-corrected chi connectivity index (χ3v) is 4.57. The van der Waals surface area contributed by atoms with Crippen molar-refractivity contribution in [2.75, 3.05) is 18.2 Å². The highest BCUT2D eigenvalue weighted by molar-refractivity contribution is 7.98. The number of carbonyl (C=O) groups excluding carboxylic acids is 2. The third kappa shape index (κ3) is 4.82. The number of esters is 1. The first-order chi connectivity index (χ1) is 13.9. The number of anilines is 2. The summed E-state index contributed by atoms with van der Waals surface area (Å²) in [7, 11) is 1.24. The average molecular weight is 418 g/mol. The van der Waals surface area contributed by atoms with Crippen molar-refractivity contribution in [2.24, 2.45) is 0 Å². The number of hydrogen-bond donors (Lipinski definition) is 3. The molecule has 1 amide bonds. The highest BCUT2D eigenvalue weighted by atomic mass is 32.2. The van der Waals surface area contributed by atoms with Gasteiger partial charge in [-0.2, -0.15) is 0 Å². The van der Waals surface area contributed by atoms with E-state index in [-0.39, 0.29) is 33.7 Å². The van der Waals surface area contributed by atoms with Crippen molar-refractivity contribution in [2.45, 2.75) is 10.9 Å². The molecule has 3 rings (SSSR count). The van der Waals surface area contributed by atoms with Crippen molar-refractivity contribution in [3.8, 4) is 0 Å². The molecule has 0 unspecified atom stereocenters. The van der Waals surface area contributed by atoms with Crippen molar-refractivity contribution < 1.29 is 23.1 Å². The molecule has 0 saturated heterocycles. The first-order valence-corrected chi connectivity index (χ1v) is 9.12. The van der Waals surface area contributed by atoms with Gasteiger partial charge in [0.25, 0.3) is 11.5 Å². The molecule has 9 nitrogen and oxygen atoms in total. The molecule has 1 aromatic carbocycles. The Bertz CT molecular complexity index is 1110. The SMILES string of the molecule is COC(=O)c1ccc(CSc2nc(N)c(NC(=O)c3ccc(F)cc3)c(=O)[nH]2)o1. The van der Waals surface area contributed by atoms with Gasteiger partial charge in [-0.3, -0.25) is 14.6 Å². The molecule has 0 radical (unpaired) electrons. The minimum atomic E-state index is -0.648. The molecule has 0 spiro atoms. The van der Waals surface area contributed by atoms with E-state index in [1.54, 1.807) is 6.07 Å². The summed E-state index contributed by atoms with van der Waals surface area (Å²) in [4.78, 5) is 42.4. The molecular formula is C18H15FN4O5S. The average Bonchev–Trinajstić information content (AvgIpc) is 3.18. The summed E-state index contributed by atoms with van der Waals surface area (Å²) < 4.78 is 22.8. The fourth-order valence-corrected chi connectivity index (χ4v) is 3.01. The summed E-state index contributed by atoms with van der Waals surface area (Å²) in [5.41, 5.74) is 5.09. The van der Waals surface area contributed by atoms with Gasteiger partial charge in [-0.05, 0) is 36.4 Å². The number of aromatic amines is 1. The van der Waals surface area contributed by atoms with Gasteiger partial charge in [0.05, 0.1) is 12.9 Å². The molecule has 0 atom stereocenters. The number of aromatic nitrogens is 2. The molecule has 2 aromatic heterocycles. The number of amides is 1. The first kappa shape index (κ1) is 20.1. The number of nitrogens with one attached hydrogen (secondary N) is 2. The molecule has 11 heteroatoms. The molecule has 0 aliphatic rings. The molecular weight excluding hydrogens is 403 g/mol. The first-order valence-electron chi connectivity index (χ1n) is 8.14. The Morgan fingerprint density at radius 3 is 2.66 bits per heavy atom. The molecule has 0 aliphatic carbocycles. The number of halogens is 1. The maximum absolute atomic E-state index is 13.0. The lowest BCUT2D eigenvalue weighted by atomic mass is 10.2. The second kappa shape index (κ2) is 8.61. The second-order valence-electron chi connectivity index (χ2n) is 5.64. The topological polar surface area (TPSA) is 140 Å². The number of thioether (sulfide) groups is 1. The molecule has 0 bridgehead atoms. The Balaban J connectivity index is 1.69. The molecule has 3 aromatic rings. The highest BCUT2D eigenvalue weighted by Crippen LogP contribution is 2.22. The summed E-state index contributed by atoms with van der Waals surface area (Å²) in [5, 5.41) is 2.56. The molecule has 0 saturated carbocycles. The van der Waals surface area contributed by atoms with Crippen molar-refractivity contribution in [1.82, 2.24) is 9.97 Å². The van der Waals surface area contributed by atoms with Crippen molar-refractivity contribution in [3.05, 3.63) is 69.7 Å². The van der Waals surface area contributed by atoms with Gasteiger partial charge in [-0.25, -0.2) is 14.2 Å². The zero-order chi connectivity index (χ0) is 21.0. The van der Waals surface area contributed by atoms with Gasteiger partial charge in [0.2, 0.25) is 5.76 Å². The summed E-state index contributed by atoms with van der Waals surface area (Å²) in [6.07, 6.45) is 0. The quantitative estimate of drug-likeness (QED) is 0.315. The smallest absolute Gasteiger partial charge is 0.373 e. The fourth-order valence-electron chi connectivity index (χ4n) is 2.25. The van der Waals surface area contributed by atoms with E-state index < -0.39 is 23.3 Å². The molecule has 150 valence electrons. The third-order valence-electron chi connectivity index (χ3n) is 3.67. The number of nitrogen functional groups attached to an aromatic ring is 1. The number of ether oxygens (including phenoxy) is 1. The van der Waals surface area contributed by atoms with Gasteiger partial charge < -0.3 is 20.2 Å². The Morgan fingerprint density at radius 2 is 2.00 bits per heavy atom. The number of nitrogens with two attached hydrogens (primary N) is 1. The maximum Gasteiger partial charge on any atom is 0.373 e. The monoisotopic (exact) mass is 418 g/mol. The van der Waals surface area contributed by atoms with E-state index in [4.69, 9.17) is 10.2 Å². The predicted octanol–water partition coefficient (Wildman–Crippen LogP) is 2.42. The van der Waals surface area contributed by atoms with Crippen LogP contribution in [-0.2, 0) is 10.5 Å². The van der Waals surface area contributed by atoms with Crippen LogP contribution in [0.5, 0.6) is 0 Å². The summed E-state index contributed by atoms with van der Waals surface area (Å²) in [6, 6.07) is 7.87. The maximum atomic E-state index is 13.0. The number of H-pyrrole nitrogens is 1. The predicted molar refractivity (Wildman–Crippen MR) is 103 cm³/mol. The van der Waals surface area contributed by atoms with E-state index >= 15 is 0 Å². The number of methoxy groups -OCH3 is 1. The van der Waals surface area contributed by atoms with Crippen molar-refractivity contribution in [1.29, 1.82) is 0 Å². The van der Waals surface area contributed by atoms with Crippen LogP contribution in [0.25, 0.3) is 0 Å². The van der Waals surface area contributed by atoms with Crippen molar-refractivity contribution >= 4 is 35.1 Å². The van der Waals surface area contributed by atoms with Crippen LogP contribution in [0.1, 0.15) is 26.7 Å². The summed E-state index contributed by atoms with van der Waals surface area (Å²) in [5.74, 6) is -1.11. The van der Waals surface area contributed by atoms with Crippen LogP contribution >= 0.6 is 11.8 Å². The number of nitrogens with zero attached hydrogens (tertiary/aromatic N) is 1. The normalized spacial score (nSPS) is 10.6. The van der Waals surface area contributed by atoms with Gasteiger partial charge in [-0.15, -0.1) is 0 Å². The molecule has 4 N–H and O–H groups in total. The summed E-state index contributed by atoms with van der Waals surface area (Å²) >= 11 is 1.11. The molecule has 2 heterocycles. The summed E-state index contributed by atoms with van der Waals surface area (Å²) in [6.45, 7) is 0. The number of rotatable bonds is 6. The second-order valence-corrected chi connectivity index (χ2v) is 6.60. The number of hydrogen-bond acceptors (Lipinski definition) is 8. The number of benzene rings is 1. The lowest BCUT2D eigenvalue weighted by Crippen LogP contribution is -2.23. The van der Waals surface area contributed by atoms with Gasteiger partial charge in [0, 0.05) is 5.56 Å². The molecule has 0 aliphatic heterocycles. The van der Waals surface area contributed by atoms with Crippen LogP contribution in [-0.4, -0.2) is 29.0 Å². The van der Waals surface area contributed by atoms with Gasteiger partial charge >= 0.3 is 5.97 Å². The Hall–Kier alpha value is -3.60. The van der Waals surface area contributed by atoms with Crippen LogP contribution < -0.4 is 16.6 Å². The lowest BCUT2D eigenvalue weighted by molar-refractivity contribution is 0.0563. The lowest BCUT2D eigenvalue weighted by Gasteiger charge is -2.08. The Kier molecular flexibility index (Phi) is 5.98. The van der Waals surface area contributed by atoms with Crippen LogP contribution in [0.4, 0.5) is 15.9 Å². The fraction of sp³-hybridized carbons (Fsp3) is 0.111. The number of carbonyl (C=O) groups is 2. The van der Waals surface area contributed by atoms with E-state index in [1.165, 1.54) is 25.3 Å². The Labute approximate surface area is 167 Å². The van der Waals surface area contributed by atoms with E-state index in [9.17, 15) is 18.8 Å². The molecule has 0 fully saturated rings. The van der Waals surface area contributed by atoms with Crippen LogP contribution in [0.3, 0.4) is 0 Å². The van der Waals surface area contributed by atoms with Gasteiger partial charge in [0.15, 0.2) is 11.0 Å². The standard InChI is InChI=1S/C18H15FN4O5S/c1-27-17(26)12-7-6-11(28-12)8-29-18-22-14(20)13(16(25)23-18)21-15(24)9-2-4-10(19)5-3-9/h2-7H,8H2,1H3,(H,21,24)(H3,20,22,23,25). The Morgan fingerprint density at radius 1 is 1.28 bits per heavy atom.